The van der Waals surface area contributed by atoms with Gasteiger partial charge < -0.3 is 14.7 Å². The fraction of sp³-hybridized carbons (Fsp3) is 0.316. The number of carbonyl (C=O) groups is 1. The SMILES string of the molecule is CCCCN1C(=O)c2ccccc2C1(O)c1ccc(OC)cc1. The smallest absolute Gasteiger partial charge is 0.257 e. The summed E-state index contributed by atoms with van der Waals surface area (Å²) in [6.07, 6.45) is 1.80. The first-order valence-electron chi connectivity index (χ1n) is 7.91. The van der Waals surface area contributed by atoms with E-state index >= 15 is 0 Å². The zero-order valence-corrected chi connectivity index (χ0v) is 13.5. The lowest BCUT2D eigenvalue weighted by Crippen LogP contribution is -2.45. The van der Waals surface area contributed by atoms with Crippen LogP contribution in [-0.2, 0) is 5.72 Å². The first-order valence-corrected chi connectivity index (χ1v) is 7.91. The third-order valence-corrected chi connectivity index (χ3v) is 4.40. The van der Waals surface area contributed by atoms with E-state index in [0.29, 0.717) is 23.2 Å². The van der Waals surface area contributed by atoms with Crippen molar-refractivity contribution in [3.8, 4) is 5.75 Å². The Morgan fingerprint density at radius 3 is 2.48 bits per heavy atom. The van der Waals surface area contributed by atoms with Crippen molar-refractivity contribution >= 4 is 5.91 Å². The maximum Gasteiger partial charge on any atom is 0.257 e. The summed E-state index contributed by atoms with van der Waals surface area (Å²) in [5, 5.41) is 11.5. The fourth-order valence-electron chi connectivity index (χ4n) is 3.13. The Balaban J connectivity index is 2.12. The number of methoxy groups -OCH3 is 1. The molecule has 3 rings (SSSR count). The van der Waals surface area contributed by atoms with E-state index in [1.54, 1.807) is 30.2 Å². The van der Waals surface area contributed by atoms with Gasteiger partial charge in [-0.3, -0.25) is 4.79 Å². The van der Waals surface area contributed by atoms with Crippen molar-refractivity contribution in [3.05, 3.63) is 65.2 Å². The molecule has 0 saturated heterocycles. The number of ether oxygens (including phenoxy) is 1. The van der Waals surface area contributed by atoms with Crippen molar-refractivity contribution in [2.75, 3.05) is 13.7 Å². The lowest BCUT2D eigenvalue weighted by atomic mass is 9.93. The topological polar surface area (TPSA) is 49.8 Å². The summed E-state index contributed by atoms with van der Waals surface area (Å²) >= 11 is 0. The molecule has 0 saturated carbocycles. The number of carbonyl (C=O) groups excluding carboxylic acids is 1. The molecule has 1 atom stereocenters. The molecule has 2 aromatic rings. The van der Waals surface area contributed by atoms with E-state index in [-0.39, 0.29) is 5.91 Å². The molecule has 1 unspecified atom stereocenters. The Morgan fingerprint density at radius 1 is 1.13 bits per heavy atom. The highest BCUT2D eigenvalue weighted by Crippen LogP contribution is 2.42. The normalized spacial score (nSPS) is 19.8. The minimum atomic E-state index is -1.42. The van der Waals surface area contributed by atoms with Crippen molar-refractivity contribution in [3.63, 3.8) is 0 Å². The van der Waals surface area contributed by atoms with Gasteiger partial charge in [-0.1, -0.05) is 43.7 Å². The van der Waals surface area contributed by atoms with Gasteiger partial charge in [-0.25, -0.2) is 0 Å². The number of benzene rings is 2. The summed E-state index contributed by atoms with van der Waals surface area (Å²) in [4.78, 5) is 14.3. The Hall–Kier alpha value is -2.33. The van der Waals surface area contributed by atoms with Crippen molar-refractivity contribution in [2.45, 2.75) is 25.5 Å². The number of aliphatic hydroxyl groups is 1. The quantitative estimate of drug-likeness (QED) is 0.923. The molecular formula is C19H21NO3. The number of rotatable bonds is 5. The second kappa shape index (κ2) is 6.05. The molecule has 0 radical (unpaired) electrons. The molecule has 4 heteroatoms. The largest absolute Gasteiger partial charge is 0.497 e. The molecule has 4 nitrogen and oxygen atoms in total. The molecule has 2 aromatic carbocycles. The van der Waals surface area contributed by atoms with Crippen LogP contribution in [0.2, 0.25) is 0 Å². The van der Waals surface area contributed by atoms with Gasteiger partial charge in [0.05, 0.1) is 7.11 Å². The molecule has 0 aliphatic carbocycles. The first kappa shape index (κ1) is 15.6. The molecule has 0 aromatic heterocycles. The number of fused-ring (bicyclic) bond motifs is 1. The lowest BCUT2D eigenvalue weighted by Gasteiger charge is -2.35. The predicted molar refractivity (Wildman–Crippen MR) is 88.4 cm³/mol. The van der Waals surface area contributed by atoms with Crippen LogP contribution in [0.3, 0.4) is 0 Å². The average molecular weight is 311 g/mol. The van der Waals surface area contributed by atoms with Crippen LogP contribution in [0.5, 0.6) is 5.75 Å². The fourth-order valence-corrected chi connectivity index (χ4v) is 3.13. The molecule has 120 valence electrons. The number of nitrogens with zero attached hydrogens (tertiary/aromatic N) is 1. The van der Waals surface area contributed by atoms with Crippen molar-refractivity contribution in [1.82, 2.24) is 4.90 Å². The van der Waals surface area contributed by atoms with Crippen molar-refractivity contribution in [2.24, 2.45) is 0 Å². The van der Waals surface area contributed by atoms with E-state index in [9.17, 15) is 9.90 Å². The maximum atomic E-state index is 12.8. The molecule has 0 fully saturated rings. The summed E-state index contributed by atoms with van der Waals surface area (Å²) in [5.74, 6) is 0.599. The van der Waals surface area contributed by atoms with Gasteiger partial charge in [0.25, 0.3) is 5.91 Å². The second-order valence-electron chi connectivity index (χ2n) is 5.76. The van der Waals surface area contributed by atoms with Crippen LogP contribution in [0.1, 0.15) is 41.3 Å². The highest BCUT2D eigenvalue weighted by atomic mass is 16.5. The second-order valence-corrected chi connectivity index (χ2v) is 5.76. The van der Waals surface area contributed by atoms with Crippen LogP contribution < -0.4 is 4.74 Å². The Labute approximate surface area is 136 Å². The number of hydrogen-bond acceptors (Lipinski definition) is 3. The zero-order chi connectivity index (χ0) is 16.4. The summed E-state index contributed by atoms with van der Waals surface area (Å²) in [6.45, 7) is 2.59. The van der Waals surface area contributed by atoms with Crippen molar-refractivity contribution < 1.29 is 14.6 Å². The number of hydrogen-bond donors (Lipinski definition) is 1. The molecular weight excluding hydrogens is 290 g/mol. The van der Waals surface area contributed by atoms with Gasteiger partial charge in [-0.15, -0.1) is 0 Å². The van der Waals surface area contributed by atoms with E-state index in [1.807, 2.05) is 30.3 Å². The monoisotopic (exact) mass is 311 g/mol. The number of unbranched alkanes of at least 4 members (excludes halogenated alkanes) is 1. The van der Waals surface area contributed by atoms with Crippen LogP contribution in [0.15, 0.2) is 48.5 Å². The van der Waals surface area contributed by atoms with E-state index < -0.39 is 5.72 Å². The van der Waals surface area contributed by atoms with Gasteiger partial charge in [0.1, 0.15) is 5.75 Å². The molecule has 1 N–H and O–H groups in total. The van der Waals surface area contributed by atoms with Crippen LogP contribution in [0, 0.1) is 0 Å². The molecule has 0 spiro atoms. The van der Waals surface area contributed by atoms with E-state index in [0.717, 1.165) is 18.6 Å². The third kappa shape index (κ3) is 2.39. The Kier molecular flexibility index (Phi) is 4.09. The highest BCUT2D eigenvalue weighted by molar-refractivity contribution is 6.00. The van der Waals surface area contributed by atoms with Crippen LogP contribution in [-0.4, -0.2) is 29.6 Å². The van der Waals surface area contributed by atoms with Gasteiger partial charge >= 0.3 is 0 Å². The Bertz CT molecular complexity index is 711. The highest BCUT2D eigenvalue weighted by Gasteiger charge is 2.49. The van der Waals surface area contributed by atoms with Gasteiger partial charge in [0, 0.05) is 23.2 Å². The van der Waals surface area contributed by atoms with Gasteiger partial charge in [0.15, 0.2) is 5.72 Å². The molecule has 1 aliphatic heterocycles. The Morgan fingerprint density at radius 2 is 1.83 bits per heavy atom. The van der Waals surface area contributed by atoms with Crippen LogP contribution >= 0.6 is 0 Å². The molecule has 1 heterocycles. The zero-order valence-electron chi connectivity index (χ0n) is 13.5. The van der Waals surface area contributed by atoms with E-state index in [4.69, 9.17) is 4.74 Å². The summed E-state index contributed by atoms with van der Waals surface area (Å²) in [7, 11) is 1.60. The third-order valence-electron chi connectivity index (χ3n) is 4.40. The van der Waals surface area contributed by atoms with Gasteiger partial charge in [0.2, 0.25) is 0 Å². The predicted octanol–water partition coefficient (Wildman–Crippen LogP) is 3.14. The molecule has 0 bridgehead atoms. The van der Waals surface area contributed by atoms with Crippen LogP contribution in [0.25, 0.3) is 0 Å². The molecule has 1 aliphatic rings. The summed E-state index contributed by atoms with van der Waals surface area (Å²) < 4.78 is 5.18. The molecule has 1 amide bonds. The molecule has 23 heavy (non-hydrogen) atoms. The van der Waals surface area contributed by atoms with Crippen molar-refractivity contribution in [1.29, 1.82) is 0 Å². The van der Waals surface area contributed by atoms with Gasteiger partial charge in [-0.05, 0) is 24.6 Å². The van der Waals surface area contributed by atoms with E-state index in [2.05, 4.69) is 6.92 Å². The summed E-state index contributed by atoms with van der Waals surface area (Å²) in [5.41, 5.74) is 0.468. The summed E-state index contributed by atoms with van der Waals surface area (Å²) in [6, 6.07) is 14.5. The minimum Gasteiger partial charge on any atom is -0.497 e. The average Bonchev–Trinajstić information content (AvgIpc) is 2.82. The minimum absolute atomic E-state index is 0.118. The maximum absolute atomic E-state index is 12.8. The standard InChI is InChI=1S/C19H21NO3/c1-3-4-13-20-18(21)16-7-5-6-8-17(16)19(20,22)14-9-11-15(23-2)12-10-14/h5-12,22H,3-4,13H2,1-2H3. The van der Waals surface area contributed by atoms with Crippen LogP contribution in [0.4, 0.5) is 0 Å². The number of amides is 1. The lowest BCUT2D eigenvalue weighted by molar-refractivity contribution is -0.0503. The first-order chi connectivity index (χ1) is 11.1. The van der Waals surface area contributed by atoms with Gasteiger partial charge in [-0.2, -0.15) is 0 Å². The van der Waals surface area contributed by atoms with E-state index in [1.165, 1.54) is 0 Å².